The Bertz CT molecular complexity index is 1190. The number of nitrogens with one attached hydrogen (secondary N) is 2. The van der Waals surface area contributed by atoms with Crippen molar-refractivity contribution in [2.24, 2.45) is 0 Å². The molecule has 0 saturated carbocycles. The lowest BCUT2D eigenvalue weighted by atomic mass is 10.0. The van der Waals surface area contributed by atoms with Crippen LogP contribution in [0.5, 0.6) is 0 Å². The van der Waals surface area contributed by atoms with Crippen molar-refractivity contribution >= 4 is 22.7 Å². The third-order valence-corrected chi connectivity index (χ3v) is 4.31. The number of rotatable bonds is 3. The Hall–Kier alpha value is -4.13. The van der Waals surface area contributed by atoms with Gasteiger partial charge in [0, 0.05) is 28.9 Å². The summed E-state index contributed by atoms with van der Waals surface area (Å²) in [6.45, 7) is 0. The quantitative estimate of drug-likeness (QED) is 0.528. The van der Waals surface area contributed by atoms with Gasteiger partial charge in [0.15, 0.2) is 0 Å². The molecule has 0 aliphatic rings. The number of hydrazine groups is 1. The molecule has 4 rings (SSSR count). The van der Waals surface area contributed by atoms with Crippen molar-refractivity contribution in [3.8, 4) is 11.3 Å². The molecule has 4 aromatic rings. The smallest absolute Gasteiger partial charge is 0.267 e. The second-order valence-electron chi connectivity index (χ2n) is 6.23. The average molecular weight is 386 g/mol. The van der Waals surface area contributed by atoms with Crippen molar-refractivity contribution in [2.45, 2.75) is 0 Å². The van der Waals surface area contributed by atoms with E-state index in [2.05, 4.69) is 20.8 Å². The predicted octanol–water partition coefficient (Wildman–Crippen LogP) is 3.51. The van der Waals surface area contributed by atoms with E-state index in [-0.39, 0.29) is 5.56 Å². The summed E-state index contributed by atoms with van der Waals surface area (Å²) in [7, 11) is 0. The zero-order valence-corrected chi connectivity index (χ0v) is 15.1. The molecular weight excluding hydrogens is 371 g/mol. The summed E-state index contributed by atoms with van der Waals surface area (Å²) in [5.74, 6) is -1.50. The van der Waals surface area contributed by atoms with Crippen molar-refractivity contribution < 1.29 is 14.0 Å². The zero-order valence-electron chi connectivity index (χ0n) is 15.1. The number of fused-ring (bicyclic) bond motifs is 1. The van der Waals surface area contributed by atoms with Gasteiger partial charge in [-0.3, -0.25) is 25.4 Å². The van der Waals surface area contributed by atoms with Gasteiger partial charge in [0.1, 0.15) is 5.82 Å². The molecule has 0 bridgehead atoms. The molecule has 0 aliphatic carbocycles. The Morgan fingerprint density at radius 1 is 0.862 bits per heavy atom. The van der Waals surface area contributed by atoms with Crippen molar-refractivity contribution in [3.05, 3.63) is 96.1 Å². The number of hydrogen-bond donors (Lipinski definition) is 2. The van der Waals surface area contributed by atoms with E-state index in [1.165, 1.54) is 24.3 Å². The Balaban J connectivity index is 1.62. The van der Waals surface area contributed by atoms with Crippen molar-refractivity contribution in [1.82, 2.24) is 20.8 Å². The molecule has 2 amide bonds. The molecule has 7 heteroatoms. The third-order valence-electron chi connectivity index (χ3n) is 4.31. The zero-order chi connectivity index (χ0) is 20.2. The lowest BCUT2D eigenvalue weighted by Crippen LogP contribution is -2.41. The predicted molar refractivity (Wildman–Crippen MR) is 106 cm³/mol. The van der Waals surface area contributed by atoms with Gasteiger partial charge < -0.3 is 0 Å². The molecule has 0 radical (unpaired) electrons. The summed E-state index contributed by atoms with van der Waals surface area (Å²) in [6.07, 6.45) is 3.32. The number of carbonyl (C=O) groups excluding carboxylic acids is 2. The van der Waals surface area contributed by atoms with Crippen LogP contribution >= 0.6 is 0 Å². The Kier molecular flexibility index (Phi) is 4.94. The van der Waals surface area contributed by atoms with Crippen LogP contribution in [0.4, 0.5) is 4.39 Å². The minimum atomic E-state index is -0.552. The highest BCUT2D eigenvalue weighted by Crippen LogP contribution is 2.24. The number of nitrogens with zero attached hydrogens (tertiary/aromatic N) is 2. The van der Waals surface area contributed by atoms with Gasteiger partial charge in [-0.2, -0.15) is 0 Å². The fourth-order valence-electron chi connectivity index (χ4n) is 2.88. The lowest BCUT2D eigenvalue weighted by Gasteiger charge is -2.11. The molecule has 142 valence electrons. The van der Waals surface area contributed by atoms with E-state index in [1.807, 2.05) is 24.3 Å². The van der Waals surface area contributed by atoms with Crippen LogP contribution in [-0.4, -0.2) is 21.8 Å². The number of amides is 2. The minimum absolute atomic E-state index is 0.224. The summed E-state index contributed by atoms with van der Waals surface area (Å²) in [6, 6.07) is 17.5. The van der Waals surface area contributed by atoms with E-state index in [1.54, 1.807) is 30.6 Å². The van der Waals surface area contributed by atoms with Gasteiger partial charge in [0.05, 0.1) is 16.8 Å². The van der Waals surface area contributed by atoms with Crippen LogP contribution in [0.1, 0.15) is 20.7 Å². The van der Waals surface area contributed by atoms with Gasteiger partial charge in [-0.25, -0.2) is 9.37 Å². The van der Waals surface area contributed by atoms with E-state index in [0.29, 0.717) is 22.2 Å². The Morgan fingerprint density at radius 3 is 2.38 bits per heavy atom. The Morgan fingerprint density at radius 2 is 1.62 bits per heavy atom. The summed E-state index contributed by atoms with van der Waals surface area (Å²) in [5.41, 5.74) is 7.33. The summed E-state index contributed by atoms with van der Waals surface area (Å²) in [5, 5.41) is 0.647. The number of para-hydroxylation sites is 1. The molecule has 2 aromatic heterocycles. The molecule has 0 atom stereocenters. The standard InChI is InChI=1S/C22H15FN4O2/c23-16-9-7-14(8-10-16)21(28)26-27-22(29)18-12-20(15-4-3-11-24-13-15)25-19-6-2-1-5-17(18)19/h1-13H,(H,26,28)(H,27,29). The fourth-order valence-corrected chi connectivity index (χ4v) is 2.88. The number of aromatic nitrogens is 2. The van der Waals surface area contributed by atoms with Crippen LogP contribution in [0, 0.1) is 5.82 Å². The minimum Gasteiger partial charge on any atom is -0.267 e. The maximum absolute atomic E-state index is 13.0. The molecule has 0 fully saturated rings. The lowest BCUT2D eigenvalue weighted by molar-refractivity contribution is 0.0847. The normalized spacial score (nSPS) is 10.5. The molecule has 6 nitrogen and oxygen atoms in total. The molecule has 29 heavy (non-hydrogen) atoms. The molecule has 2 aromatic carbocycles. The van der Waals surface area contributed by atoms with Gasteiger partial charge >= 0.3 is 0 Å². The first-order chi connectivity index (χ1) is 14.1. The first-order valence-corrected chi connectivity index (χ1v) is 8.78. The summed E-state index contributed by atoms with van der Waals surface area (Å²) in [4.78, 5) is 33.7. The van der Waals surface area contributed by atoms with Gasteiger partial charge in [-0.05, 0) is 48.5 Å². The van der Waals surface area contributed by atoms with Gasteiger partial charge in [0.2, 0.25) is 0 Å². The second-order valence-corrected chi connectivity index (χ2v) is 6.23. The number of carbonyl (C=O) groups is 2. The van der Waals surface area contributed by atoms with E-state index in [9.17, 15) is 14.0 Å². The van der Waals surface area contributed by atoms with E-state index < -0.39 is 17.6 Å². The topological polar surface area (TPSA) is 84.0 Å². The van der Waals surface area contributed by atoms with Crippen LogP contribution in [0.25, 0.3) is 22.2 Å². The Labute approximate surface area is 165 Å². The monoisotopic (exact) mass is 386 g/mol. The van der Waals surface area contributed by atoms with E-state index in [4.69, 9.17) is 0 Å². The first-order valence-electron chi connectivity index (χ1n) is 8.78. The highest BCUT2D eigenvalue weighted by atomic mass is 19.1. The van der Waals surface area contributed by atoms with Crippen LogP contribution in [0.3, 0.4) is 0 Å². The van der Waals surface area contributed by atoms with Crippen LogP contribution in [0.2, 0.25) is 0 Å². The largest absolute Gasteiger partial charge is 0.270 e. The number of pyridine rings is 2. The average Bonchev–Trinajstić information content (AvgIpc) is 2.77. The van der Waals surface area contributed by atoms with Crippen LogP contribution in [0.15, 0.2) is 79.1 Å². The molecule has 2 N–H and O–H groups in total. The third kappa shape index (κ3) is 3.93. The molecule has 2 heterocycles. The summed E-state index contributed by atoms with van der Waals surface area (Å²) < 4.78 is 13.0. The molecular formula is C22H15FN4O2. The fraction of sp³-hybridized carbons (Fsp3) is 0. The van der Waals surface area contributed by atoms with Gasteiger partial charge in [-0.15, -0.1) is 0 Å². The highest BCUT2D eigenvalue weighted by molar-refractivity contribution is 6.08. The van der Waals surface area contributed by atoms with Crippen LogP contribution < -0.4 is 10.9 Å². The molecule has 0 saturated heterocycles. The van der Waals surface area contributed by atoms with Crippen molar-refractivity contribution in [3.63, 3.8) is 0 Å². The first kappa shape index (κ1) is 18.2. The molecule has 0 spiro atoms. The van der Waals surface area contributed by atoms with E-state index in [0.717, 1.165) is 5.56 Å². The van der Waals surface area contributed by atoms with Gasteiger partial charge in [0.25, 0.3) is 11.8 Å². The maximum atomic E-state index is 13.0. The highest BCUT2D eigenvalue weighted by Gasteiger charge is 2.15. The second kappa shape index (κ2) is 7.85. The van der Waals surface area contributed by atoms with E-state index >= 15 is 0 Å². The van der Waals surface area contributed by atoms with Crippen LogP contribution in [-0.2, 0) is 0 Å². The number of hydrogen-bond acceptors (Lipinski definition) is 4. The number of halogens is 1. The maximum Gasteiger partial charge on any atom is 0.270 e. The molecule has 0 aliphatic heterocycles. The summed E-state index contributed by atoms with van der Waals surface area (Å²) >= 11 is 0. The van der Waals surface area contributed by atoms with Gasteiger partial charge in [-0.1, -0.05) is 18.2 Å². The molecule has 0 unspecified atom stereocenters. The van der Waals surface area contributed by atoms with Crippen molar-refractivity contribution in [1.29, 1.82) is 0 Å². The van der Waals surface area contributed by atoms with Crippen molar-refractivity contribution in [2.75, 3.05) is 0 Å². The SMILES string of the molecule is O=C(NNC(=O)c1cc(-c2cccnc2)nc2ccccc12)c1ccc(F)cc1. The number of benzene rings is 2.